The molecule has 4 aromatic rings. The summed E-state index contributed by atoms with van der Waals surface area (Å²) in [7, 11) is 0. The van der Waals surface area contributed by atoms with Gasteiger partial charge in [0, 0.05) is 16.6 Å². The van der Waals surface area contributed by atoms with Crippen LogP contribution in [0.4, 0.5) is 5.69 Å². The number of carbonyl (C=O) groups excluding carboxylic acids is 1. The van der Waals surface area contributed by atoms with E-state index in [1.807, 2.05) is 4.40 Å². The predicted octanol–water partition coefficient (Wildman–Crippen LogP) is 4.95. The Bertz CT molecular complexity index is 1420. The number of carbonyl (C=O) groups is 1. The van der Waals surface area contributed by atoms with Crippen LogP contribution in [-0.2, 0) is 17.6 Å². The molecule has 0 radical (unpaired) electrons. The second-order valence-electron chi connectivity index (χ2n) is 9.82. The van der Waals surface area contributed by atoms with Crippen LogP contribution >= 0.6 is 23.1 Å². The van der Waals surface area contributed by atoms with Crippen molar-refractivity contribution in [1.29, 1.82) is 0 Å². The Hall–Kier alpha value is -2.85. The Morgan fingerprint density at radius 2 is 2.12 bits per heavy atom. The third kappa shape index (κ3) is 3.78. The molecule has 0 spiro atoms. The van der Waals surface area contributed by atoms with E-state index in [0.717, 1.165) is 28.7 Å². The maximum absolute atomic E-state index is 12.5. The van der Waals surface area contributed by atoms with E-state index in [2.05, 4.69) is 36.3 Å². The molecule has 1 aliphatic carbocycles. The third-order valence-electron chi connectivity index (χ3n) is 6.64. The van der Waals surface area contributed by atoms with Crippen molar-refractivity contribution in [3.63, 3.8) is 0 Å². The van der Waals surface area contributed by atoms with Crippen molar-refractivity contribution in [2.45, 2.75) is 45.2 Å². The van der Waals surface area contributed by atoms with E-state index < -0.39 is 0 Å². The minimum Gasteiger partial charge on any atom is -0.454 e. The molecule has 8 nitrogen and oxygen atoms in total. The molecule has 34 heavy (non-hydrogen) atoms. The summed E-state index contributed by atoms with van der Waals surface area (Å²) in [5, 5.41) is 13.6. The first kappa shape index (κ1) is 21.7. The van der Waals surface area contributed by atoms with Crippen molar-refractivity contribution in [3.05, 3.63) is 35.0 Å². The zero-order valence-electron chi connectivity index (χ0n) is 19.3. The maximum Gasteiger partial charge on any atom is 0.234 e. The molecular weight excluding hydrogens is 470 g/mol. The lowest BCUT2D eigenvalue weighted by Gasteiger charge is -2.33. The lowest BCUT2D eigenvalue weighted by Crippen LogP contribution is -2.26. The average Bonchev–Trinajstić information content (AvgIpc) is 3.52. The topological polar surface area (TPSA) is 90.6 Å². The average molecular weight is 496 g/mol. The van der Waals surface area contributed by atoms with Crippen molar-refractivity contribution in [1.82, 2.24) is 19.6 Å². The van der Waals surface area contributed by atoms with Gasteiger partial charge in [-0.05, 0) is 48.3 Å². The number of nitrogens with one attached hydrogen (secondary N) is 1. The van der Waals surface area contributed by atoms with Gasteiger partial charge in [0.05, 0.1) is 11.1 Å². The summed E-state index contributed by atoms with van der Waals surface area (Å²) in [4.78, 5) is 19.7. The summed E-state index contributed by atoms with van der Waals surface area (Å²) >= 11 is 3.14. The molecule has 1 aromatic carbocycles. The van der Waals surface area contributed by atoms with Gasteiger partial charge in [0.1, 0.15) is 11.2 Å². The lowest BCUT2D eigenvalue weighted by atomic mass is 9.72. The summed E-state index contributed by atoms with van der Waals surface area (Å²) in [6.45, 7) is 7.19. The van der Waals surface area contributed by atoms with E-state index >= 15 is 0 Å². The number of aromatic nitrogens is 4. The van der Waals surface area contributed by atoms with Gasteiger partial charge in [-0.25, -0.2) is 4.98 Å². The number of anilines is 1. The van der Waals surface area contributed by atoms with Crippen molar-refractivity contribution >= 4 is 50.6 Å². The number of fused-ring (bicyclic) bond motifs is 6. The number of ether oxygens (including phenoxy) is 2. The van der Waals surface area contributed by atoms with Gasteiger partial charge in [0.15, 0.2) is 22.3 Å². The first-order valence-corrected chi connectivity index (χ1v) is 13.1. The molecule has 2 aliphatic rings. The summed E-state index contributed by atoms with van der Waals surface area (Å²) in [5.41, 5.74) is 3.18. The molecule has 6 rings (SSSR count). The molecule has 1 N–H and O–H groups in total. The Kier molecular flexibility index (Phi) is 5.18. The number of hydrogen-bond acceptors (Lipinski definition) is 8. The highest BCUT2D eigenvalue weighted by atomic mass is 32.2. The van der Waals surface area contributed by atoms with Crippen LogP contribution in [0, 0.1) is 11.3 Å². The summed E-state index contributed by atoms with van der Waals surface area (Å²) in [6.07, 6.45) is 5.10. The predicted molar refractivity (Wildman–Crippen MR) is 133 cm³/mol. The molecule has 0 fully saturated rings. The zero-order chi connectivity index (χ0) is 23.4. The van der Waals surface area contributed by atoms with Gasteiger partial charge in [-0.1, -0.05) is 32.5 Å². The van der Waals surface area contributed by atoms with Crippen LogP contribution in [0.25, 0.3) is 15.9 Å². The lowest BCUT2D eigenvalue weighted by molar-refractivity contribution is -0.113. The largest absolute Gasteiger partial charge is 0.454 e. The molecule has 1 atom stereocenters. The normalized spacial score (nSPS) is 17.3. The Morgan fingerprint density at radius 3 is 2.97 bits per heavy atom. The first-order valence-electron chi connectivity index (χ1n) is 11.3. The van der Waals surface area contributed by atoms with Crippen molar-refractivity contribution in [2.24, 2.45) is 11.3 Å². The second-order valence-corrected chi connectivity index (χ2v) is 11.8. The van der Waals surface area contributed by atoms with E-state index in [-0.39, 0.29) is 18.5 Å². The SMILES string of the molecule is CC(C)(C)C1CCc2c(sc3ncn4c(SCC(=O)Nc5ccc6c(c5)OCO6)nnc4c23)C1. The molecule has 0 saturated carbocycles. The molecule has 4 heterocycles. The van der Waals surface area contributed by atoms with Crippen LogP contribution in [0.2, 0.25) is 0 Å². The second kappa shape index (κ2) is 8.13. The molecule has 1 aliphatic heterocycles. The summed E-state index contributed by atoms with van der Waals surface area (Å²) in [6, 6.07) is 5.36. The molecule has 0 bridgehead atoms. The summed E-state index contributed by atoms with van der Waals surface area (Å²) < 4.78 is 12.6. The number of hydrogen-bond donors (Lipinski definition) is 1. The van der Waals surface area contributed by atoms with Gasteiger partial charge < -0.3 is 14.8 Å². The van der Waals surface area contributed by atoms with Crippen LogP contribution < -0.4 is 14.8 Å². The van der Waals surface area contributed by atoms with E-state index in [4.69, 9.17) is 14.5 Å². The van der Waals surface area contributed by atoms with E-state index in [1.54, 1.807) is 35.9 Å². The molecular formula is C24H25N5O3S2. The Labute approximate surface area is 205 Å². The van der Waals surface area contributed by atoms with Crippen LogP contribution in [0.5, 0.6) is 11.5 Å². The molecule has 3 aromatic heterocycles. The number of amides is 1. The van der Waals surface area contributed by atoms with Crippen molar-refractivity contribution in [2.75, 3.05) is 17.9 Å². The monoisotopic (exact) mass is 495 g/mol. The van der Waals surface area contributed by atoms with E-state index in [0.29, 0.717) is 33.7 Å². The van der Waals surface area contributed by atoms with Gasteiger partial charge in [0.2, 0.25) is 12.7 Å². The number of nitrogens with zero attached hydrogens (tertiary/aromatic N) is 4. The third-order valence-corrected chi connectivity index (χ3v) is 8.74. The highest BCUT2D eigenvalue weighted by molar-refractivity contribution is 7.99. The minimum absolute atomic E-state index is 0.129. The fraction of sp³-hybridized carbons (Fsp3) is 0.417. The van der Waals surface area contributed by atoms with Crippen molar-refractivity contribution in [3.8, 4) is 11.5 Å². The molecule has 176 valence electrons. The van der Waals surface area contributed by atoms with Crippen LogP contribution in [-0.4, -0.2) is 38.0 Å². The van der Waals surface area contributed by atoms with Gasteiger partial charge in [-0.15, -0.1) is 21.5 Å². The standard InChI is InChI=1S/C24H25N5O3S2/c1-24(2,3)13-4-6-15-18(8-13)34-22-20(15)21-27-28-23(29(21)11-25-22)33-10-19(30)26-14-5-7-16-17(9-14)32-12-31-16/h5,7,9,11,13H,4,6,8,10,12H2,1-3H3,(H,26,30). The fourth-order valence-electron chi connectivity index (χ4n) is 4.69. The van der Waals surface area contributed by atoms with Gasteiger partial charge in [-0.3, -0.25) is 9.20 Å². The smallest absolute Gasteiger partial charge is 0.234 e. The molecule has 10 heteroatoms. The van der Waals surface area contributed by atoms with E-state index in [9.17, 15) is 4.79 Å². The van der Waals surface area contributed by atoms with Crippen LogP contribution in [0.15, 0.2) is 29.7 Å². The Morgan fingerprint density at radius 1 is 1.26 bits per heavy atom. The van der Waals surface area contributed by atoms with Crippen LogP contribution in [0.1, 0.15) is 37.6 Å². The number of rotatable bonds is 4. The first-order chi connectivity index (χ1) is 16.4. The van der Waals surface area contributed by atoms with Crippen LogP contribution in [0.3, 0.4) is 0 Å². The highest BCUT2D eigenvalue weighted by Gasteiger charge is 2.32. The quantitative estimate of drug-likeness (QED) is 0.401. The minimum atomic E-state index is -0.129. The van der Waals surface area contributed by atoms with Gasteiger partial charge in [-0.2, -0.15) is 0 Å². The Balaban J connectivity index is 1.21. The number of thioether (sulfide) groups is 1. The molecule has 1 amide bonds. The summed E-state index contributed by atoms with van der Waals surface area (Å²) in [5.74, 6) is 2.08. The number of aryl methyl sites for hydroxylation is 1. The van der Waals surface area contributed by atoms with E-state index in [1.165, 1.54) is 28.6 Å². The van der Waals surface area contributed by atoms with Gasteiger partial charge in [0.25, 0.3) is 0 Å². The number of benzene rings is 1. The highest BCUT2D eigenvalue weighted by Crippen LogP contribution is 2.43. The van der Waals surface area contributed by atoms with Crippen molar-refractivity contribution < 1.29 is 14.3 Å². The fourth-order valence-corrected chi connectivity index (χ4v) is 6.66. The zero-order valence-corrected chi connectivity index (χ0v) is 20.9. The molecule has 0 saturated heterocycles. The van der Waals surface area contributed by atoms with Gasteiger partial charge >= 0.3 is 0 Å². The number of thiophene rings is 1. The maximum atomic E-state index is 12.5. The molecule has 1 unspecified atom stereocenters.